The van der Waals surface area contributed by atoms with Crippen LogP contribution in [0.2, 0.25) is 0 Å². The summed E-state index contributed by atoms with van der Waals surface area (Å²) in [4.78, 5) is 0. The molecular weight excluding hydrogens is 150 g/mol. The number of rotatable bonds is 0. The number of nitriles is 1. The first kappa shape index (κ1) is 8.66. The Morgan fingerprint density at radius 1 is 1.42 bits per heavy atom. The highest BCUT2D eigenvalue weighted by Gasteiger charge is 2.14. The van der Waals surface area contributed by atoms with E-state index in [0.29, 0.717) is 5.69 Å². The molecule has 0 radical (unpaired) electrons. The largest absolute Gasteiger partial charge is 0.191 e. The van der Waals surface area contributed by atoms with Gasteiger partial charge in [-0.2, -0.15) is 10.4 Å². The van der Waals surface area contributed by atoms with Crippen molar-refractivity contribution in [1.29, 1.82) is 5.26 Å². The Morgan fingerprint density at radius 2 is 2.08 bits per heavy atom. The average Bonchev–Trinajstić information content (AvgIpc) is 2.03. The van der Waals surface area contributed by atoms with Crippen molar-refractivity contribution in [2.45, 2.75) is 26.2 Å². The van der Waals surface area contributed by atoms with Crippen molar-refractivity contribution < 1.29 is 0 Å². The summed E-state index contributed by atoms with van der Waals surface area (Å²) >= 11 is 0. The van der Waals surface area contributed by atoms with Crippen LogP contribution in [0.25, 0.3) is 0 Å². The van der Waals surface area contributed by atoms with Gasteiger partial charge in [0, 0.05) is 0 Å². The van der Waals surface area contributed by atoms with Gasteiger partial charge in [-0.1, -0.05) is 20.8 Å². The first-order chi connectivity index (χ1) is 5.54. The third kappa shape index (κ3) is 1.79. The summed E-state index contributed by atoms with van der Waals surface area (Å²) in [6.45, 7) is 6.22. The number of aromatic nitrogens is 2. The van der Waals surface area contributed by atoms with Gasteiger partial charge in [-0.3, -0.25) is 0 Å². The molecule has 1 rings (SSSR count). The normalized spacial score (nSPS) is 10.8. The second-order valence-electron chi connectivity index (χ2n) is 3.69. The summed E-state index contributed by atoms with van der Waals surface area (Å²) in [6.07, 6.45) is 1.70. The lowest BCUT2D eigenvalue weighted by Gasteiger charge is -2.17. The van der Waals surface area contributed by atoms with Gasteiger partial charge in [0.25, 0.3) is 0 Å². The van der Waals surface area contributed by atoms with E-state index < -0.39 is 0 Å². The Labute approximate surface area is 72.1 Å². The number of nitrogens with zero attached hydrogens (tertiary/aromatic N) is 3. The van der Waals surface area contributed by atoms with Crippen LogP contribution in [-0.2, 0) is 5.41 Å². The summed E-state index contributed by atoms with van der Waals surface area (Å²) in [6, 6.07) is 3.74. The standard InChI is InChI=1S/C9H11N3/c1-9(2,3)7-4-8(5-10)12-11-6-7/h4,6H,1-3H3. The molecule has 0 aliphatic rings. The van der Waals surface area contributed by atoms with E-state index >= 15 is 0 Å². The lowest BCUT2D eigenvalue weighted by Crippen LogP contribution is -2.12. The van der Waals surface area contributed by atoms with Gasteiger partial charge < -0.3 is 0 Å². The zero-order valence-electron chi connectivity index (χ0n) is 7.50. The molecule has 0 saturated carbocycles. The third-order valence-electron chi connectivity index (χ3n) is 1.64. The molecule has 0 fully saturated rings. The van der Waals surface area contributed by atoms with Crippen LogP contribution in [0, 0.1) is 11.3 Å². The van der Waals surface area contributed by atoms with Gasteiger partial charge in [0.15, 0.2) is 5.69 Å². The first-order valence-electron chi connectivity index (χ1n) is 3.77. The van der Waals surface area contributed by atoms with E-state index in [1.165, 1.54) is 0 Å². The Hall–Kier alpha value is -1.43. The van der Waals surface area contributed by atoms with Crippen molar-refractivity contribution in [2.75, 3.05) is 0 Å². The maximum atomic E-state index is 8.58. The molecule has 0 amide bonds. The summed E-state index contributed by atoms with van der Waals surface area (Å²) in [5.41, 5.74) is 1.44. The van der Waals surface area contributed by atoms with Crippen molar-refractivity contribution in [3.8, 4) is 6.07 Å². The maximum absolute atomic E-state index is 8.58. The smallest absolute Gasteiger partial charge is 0.163 e. The van der Waals surface area contributed by atoms with Crippen LogP contribution in [0.3, 0.4) is 0 Å². The molecule has 0 spiro atoms. The summed E-state index contributed by atoms with van der Waals surface area (Å²) in [7, 11) is 0. The molecule has 0 bridgehead atoms. The predicted molar refractivity (Wildman–Crippen MR) is 45.4 cm³/mol. The van der Waals surface area contributed by atoms with E-state index in [1.54, 1.807) is 12.3 Å². The number of hydrogen-bond donors (Lipinski definition) is 0. The Morgan fingerprint density at radius 3 is 2.58 bits per heavy atom. The highest BCUT2D eigenvalue weighted by molar-refractivity contribution is 5.27. The van der Waals surface area contributed by atoms with Crippen LogP contribution in [0.15, 0.2) is 12.3 Å². The van der Waals surface area contributed by atoms with Gasteiger partial charge in [-0.25, -0.2) is 0 Å². The molecule has 0 atom stereocenters. The minimum atomic E-state index is 0.0293. The average molecular weight is 161 g/mol. The highest BCUT2D eigenvalue weighted by Crippen LogP contribution is 2.20. The Balaban J connectivity index is 3.13. The minimum absolute atomic E-state index is 0.0293. The molecule has 0 aliphatic heterocycles. The SMILES string of the molecule is CC(C)(C)c1cnnc(C#N)c1. The summed E-state index contributed by atoms with van der Waals surface area (Å²) in [5.74, 6) is 0. The van der Waals surface area contributed by atoms with E-state index in [2.05, 4.69) is 31.0 Å². The maximum Gasteiger partial charge on any atom is 0.163 e. The van der Waals surface area contributed by atoms with Crippen LogP contribution in [-0.4, -0.2) is 10.2 Å². The van der Waals surface area contributed by atoms with Crippen LogP contribution in [0.5, 0.6) is 0 Å². The molecule has 0 aliphatic carbocycles. The zero-order chi connectivity index (χ0) is 9.19. The van der Waals surface area contributed by atoms with Gasteiger partial charge in [0.2, 0.25) is 0 Å². The Kier molecular flexibility index (Phi) is 2.09. The van der Waals surface area contributed by atoms with E-state index in [1.807, 2.05) is 6.07 Å². The monoisotopic (exact) mass is 161 g/mol. The topological polar surface area (TPSA) is 49.6 Å². The van der Waals surface area contributed by atoms with E-state index in [0.717, 1.165) is 5.56 Å². The zero-order valence-corrected chi connectivity index (χ0v) is 7.50. The second-order valence-corrected chi connectivity index (χ2v) is 3.69. The van der Waals surface area contributed by atoms with Crippen molar-refractivity contribution in [2.24, 2.45) is 0 Å². The highest BCUT2D eigenvalue weighted by atomic mass is 15.1. The number of hydrogen-bond acceptors (Lipinski definition) is 3. The van der Waals surface area contributed by atoms with Crippen molar-refractivity contribution in [3.05, 3.63) is 23.5 Å². The van der Waals surface area contributed by atoms with E-state index in [4.69, 9.17) is 5.26 Å². The summed E-state index contributed by atoms with van der Waals surface area (Å²) < 4.78 is 0. The lowest BCUT2D eigenvalue weighted by molar-refractivity contribution is 0.584. The van der Waals surface area contributed by atoms with Gasteiger partial charge >= 0.3 is 0 Å². The molecule has 0 unspecified atom stereocenters. The van der Waals surface area contributed by atoms with Crippen LogP contribution in [0.1, 0.15) is 32.0 Å². The molecule has 1 aromatic heterocycles. The molecular formula is C9H11N3. The second kappa shape index (κ2) is 2.90. The quantitative estimate of drug-likeness (QED) is 0.581. The van der Waals surface area contributed by atoms with E-state index in [-0.39, 0.29) is 5.41 Å². The fourth-order valence-electron chi connectivity index (χ4n) is 0.831. The first-order valence-corrected chi connectivity index (χ1v) is 3.77. The van der Waals surface area contributed by atoms with Gasteiger partial charge in [-0.05, 0) is 17.0 Å². The molecule has 0 saturated heterocycles. The molecule has 1 heterocycles. The van der Waals surface area contributed by atoms with Gasteiger partial charge in [0.1, 0.15) is 6.07 Å². The predicted octanol–water partition coefficient (Wildman–Crippen LogP) is 1.65. The molecule has 0 N–H and O–H groups in total. The molecule has 1 aromatic rings. The molecule has 12 heavy (non-hydrogen) atoms. The van der Waals surface area contributed by atoms with Crippen LogP contribution in [0.4, 0.5) is 0 Å². The summed E-state index contributed by atoms with van der Waals surface area (Å²) in [5, 5.41) is 16.0. The molecule has 3 nitrogen and oxygen atoms in total. The van der Waals surface area contributed by atoms with Crippen LogP contribution < -0.4 is 0 Å². The van der Waals surface area contributed by atoms with Crippen molar-refractivity contribution >= 4 is 0 Å². The van der Waals surface area contributed by atoms with Gasteiger partial charge in [0.05, 0.1) is 6.20 Å². The molecule has 0 aromatic carbocycles. The van der Waals surface area contributed by atoms with Crippen molar-refractivity contribution in [1.82, 2.24) is 10.2 Å². The van der Waals surface area contributed by atoms with E-state index in [9.17, 15) is 0 Å². The van der Waals surface area contributed by atoms with Crippen LogP contribution >= 0.6 is 0 Å². The fourth-order valence-corrected chi connectivity index (χ4v) is 0.831. The van der Waals surface area contributed by atoms with Gasteiger partial charge in [-0.15, -0.1) is 5.10 Å². The lowest BCUT2D eigenvalue weighted by atomic mass is 9.88. The fraction of sp³-hybridized carbons (Fsp3) is 0.444. The van der Waals surface area contributed by atoms with Crippen molar-refractivity contribution in [3.63, 3.8) is 0 Å². The minimum Gasteiger partial charge on any atom is -0.191 e. The third-order valence-corrected chi connectivity index (χ3v) is 1.64. The molecule has 3 heteroatoms. The molecule has 62 valence electrons. The Bertz CT molecular complexity index is 317.